The minimum absolute atomic E-state index is 0.849. The van der Waals surface area contributed by atoms with E-state index >= 15 is 0 Å². The molecule has 0 aromatic heterocycles. The number of hydrogen-bond acceptors (Lipinski definition) is 0. The van der Waals surface area contributed by atoms with Gasteiger partial charge >= 0.3 is 0 Å². The van der Waals surface area contributed by atoms with Crippen LogP contribution < -0.4 is 0 Å². The van der Waals surface area contributed by atoms with Crippen molar-refractivity contribution in [1.29, 1.82) is 0 Å². The second-order valence-electron chi connectivity index (χ2n) is 3.08. The molecule has 0 saturated heterocycles. The van der Waals surface area contributed by atoms with Gasteiger partial charge in [-0.05, 0) is 19.3 Å². The Hall–Kier alpha value is -0.520. The molecule has 0 saturated carbocycles. The second kappa shape index (κ2) is 7.59. The SMILES string of the molecule is CC=CC=CCC(C)CCC. The zero-order valence-corrected chi connectivity index (χ0v) is 8.01. The van der Waals surface area contributed by atoms with Crippen LogP contribution in [0.15, 0.2) is 24.3 Å². The van der Waals surface area contributed by atoms with E-state index in [1.807, 2.05) is 6.92 Å². The van der Waals surface area contributed by atoms with Gasteiger partial charge < -0.3 is 0 Å². The number of rotatable bonds is 5. The Morgan fingerprint density at radius 3 is 2.55 bits per heavy atom. The van der Waals surface area contributed by atoms with Crippen molar-refractivity contribution in [1.82, 2.24) is 0 Å². The van der Waals surface area contributed by atoms with Gasteiger partial charge in [0, 0.05) is 0 Å². The maximum absolute atomic E-state index is 2.31. The van der Waals surface area contributed by atoms with Gasteiger partial charge in [0.15, 0.2) is 0 Å². The van der Waals surface area contributed by atoms with E-state index in [0.29, 0.717) is 0 Å². The second-order valence-corrected chi connectivity index (χ2v) is 3.08. The molecule has 0 rings (SSSR count). The van der Waals surface area contributed by atoms with Gasteiger partial charge in [-0.1, -0.05) is 51.0 Å². The Labute approximate surface area is 71.0 Å². The van der Waals surface area contributed by atoms with Crippen LogP contribution in [-0.4, -0.2) is 0 Å². The van der Waals surface area contributed by atoms with Crippen molar-refractivity contribution in [3.63, 3.8) is 0 Å². The molecular formula is C11H20. The van der Waals surface area contributed by atoms with Crippen LogP contribution in [0.3, 0.4) is 0 Å². The highest BCUT2D eigenvalue weighted by Gasteiger charge is 1.95. The Balaban J connectivity index is 3.36. The summed E-state index contributed by atoms with van der Waals surface area (Å²) in [7, 11) is 0. The number of allylic oxidation sites excluding steroid dienone is 4. The molecule has 0 N–H and O–H groups in total. The van der Waals surface area contributed by atoms with Gasteiger partial charge in [-0.2, -0.15) is 0 Å². The minimum atomic E-state index is 0.849. The molecule has 0 amide bonds. The molecule has 1 unspecified atom stereocenters. The maximum atomic E-state index is 2.31. The van der Waals surface area contributed by atoms with E-state index in [1.54, 1.807) is 0 Å². The van der Waals surface area contributed by atoms with Crippen molar-refractivity contribution in [3.05, 3.63) is 24.3 Å². The van der Waals surface area contributed by atoms with E-state index in [2.05, 4.69) is 38.2 Å². The molecule has 0 aliphatic heterocycles. The average molecular weight is 152 g/mol. The Morgan fingerprint density at radius 1 is 1.27 bits per heavy atom. The number of hydrogen-bond donors (Lipinski definition) is 0. The lowest BCUT2D eigenvalue weighted by Gasteiger charge is -2.04. The largest absolute Gasteiger partial charge is 0.0877 e. The normalized spacial score (nSPS) is 14.8. The average Bonchev–Trinajstić information content (AvgIpc) is 1.99. The Bertz CT molecular complexity index is 120. The first-order valence-electron chi connectivity index (χ1n) is 4.59. The first kappa shape index (κ1) is 10.5. The van der Waals surface area contributed by atoms with Crippen molar-refractivity contribution in [3.8, 4) is 0 Å². The summed E-state index contributed by atoms with van der Waals surface area (Å²) in [6.45, 7) is 6.59. The third kappa shape index (κ3) is 7.38. The molecule has 0 aliphatic carbocycles. The van der Waals surface area contributed by atoms with Crippen molar-refractivity contribution >= 4 is 0 Å². The summed E-state index contributed by atoms with van der Waals surface area (Å²) in [5.74, 6) is 0.849. The van der Waals surface area contributed by atoms with Crippen LogP contribution in [-0.2, 0) is 0 Å². The summed E-state index contributed by atoms with van der Waals surface area (Å²) in [6.07, 6.45) is 12.4. The summed E-state index contributed by atoms with van der Waals surface area (Å²) in [5.41, 5.74) is 0. The van der Waals surface area contributed by atoms with Crippen LogP contribution in [0.4, 0.5) is 0 Å². The van der Waals surface area contributed by atoms with Crippen molar-refractivity contribution in [2.75, 3.05) is 0 Å². The molecule has 0 aliphatic rings. The first-order valence-corrected chi connectivity index (χ1v) is 4.59. The lowest BCUT2D eigenvalue weighted by molar-refractivity contribution is 0.532. The topological polar surface area (TPSA) is 0 Å². The Kier molecular flexibility index (Phi) is 7.23. The van der Waals surface area contributed by atoms with Crippen molar-refractivity contribution in [2.24, 2.45) is 5.92 Å². The van der Waals surface area contributed by atoms with Gasteiger partial charge in [0.2, 0.25) is 0 Å². The molecule has 64 valence electrons. The molecule has 11 heavy (non-hydrogen) atoms. The lowest BCUT2D eigenvalue weighted by atomic mass is 10.0. The van der Waals surface area contributed by atoms with Crippen LogP contribution >= 0.6 is 0 Å². The van der Waals surface area contributed by atoms with Crippen LogP contribution in [0.25, 0.3) is 0 Å². The van der Waals surface area contributed by atoms with Gasteiger partial charge in [-0.15, -0.1) is 0 Å². The molecule has 0 aromatic rings. The van der Waals surface area contributed by atoms with Gasteiger partial charge in [0.25, 0.3) is 0 Å². The zero-order valence-electron chi connectivity index (χ0n) is 8.01. The molecule has 0 heteroatoms. The zero-order chi connectivity index (χ0) is 8.53. The quantitative estimate of drug-likeness (QED) is 0.523. The fraction of sp³-hybridized carbons (Fsp3) is 0.636. The van der Waals surface area contributed by atoms with Crippen LogP contribution in [0.2, 0.25) is 0 Å². The van der Waals surface area contributed by atoms with E-state index in [0.717, 1.165) is 5.92 Å². The molecule has 0 spiro atoms. The van der Waals surface area contributed by atoms with E-state index in [-0.39, 0.29) is 0 Å². The third-order valence-corrected chi connectivity index (χ3v) is 1.76. The first-order chi connectivity index (χ1) is 5.31. The maximum Gasteiger partial charge on any atom is -0.0322 e. The molecule has 0 bridgehead atoms. The summed E-state index contributed by atoms with van der Waals surface area (Å²) in [4.78, 5) is 0. The van der Waals surface area contributed by atoms with Crippen LogP contribution in [0.5, 0.6) is 0 Å². The summed E-state index contributed by atoms with van der Waals surface area (Å²) in [6, 6.07) is 0. The fourth-order valence-electron chi connectivity index (χ4n) is 1.11. The molecule has 0 heterocycles. The predicted molar refractivity (Wildman–Crippen MR) is 52.6 cm³/mol. The molecule has 0 fully saturated rings. The molecule has 0 radical (unpaired) electrons. The standard InChI is InChI=1S/C11H20/c1-4-6-7-8-10-11(3)9-5-2/h4,6-8,11H,5,9-10H2,1-3H3. The van der Waals surface area contributed by atoms with Gasteiger partial charge in [-0.3, -0.25) is 0 Å². The lowest BCUT2D eigenvalue weighted by Crippen LogP contribution is -1.89. The molecular weight excluding hydrogens is 132 g/mol. The van der Waals surface area contributed by atoms with E-state index in [4.69, 9.17) is 0 Å². The monoisotopic (exact) mass is 152 g/mol. The highest BCUT2D eigenvalue weighted by Crippen LogP contribution is 2.09. The Morgan fingerprint density at radius 2 is 2.00 bits per heavy atom. The molecule has 0 nitrogen and oxygen atoms in total. The van der Waals surface area contributed by atoms with Crippen LogP contribution in [0.1, 0.15) is 40.0 Å². The van der Waals surface area contributed by atoms with Crippen LogP contribution in [0, 0.1) is 5.92 Å². The summed E-state index contributed by atoms with van der Waals surface area (Å²) in [5, 5.41) is 0. The molecule has 0 aromatic carbocycles. The van der Waals surface area contributed by atoms with E-state index in [9.17, 15) is 0 Å². The fourth-order valence-corrected chi connectivity index (χ4v) is 1.11. The molecule has 1 atom stereocenters. The van der Waals surface area contributed by atoms with E-state index < -0.39 is 0 Å². The highest BCUT2D eigenvalue weighted by molar-refractivity contribution is 5.01. The van der Waals surface area contributed by atoms with Crippen molar-refractivity contribution in [2.45, 2.75) is 40.0 Å². The third-order valence-electron chi connectivity index (χ3n) is 1.76. The van der Waals surface area contributed by atoms with Gasteiger partial charge in [0.05, 0.1) is 0 Å². The van der Waals surface area contributed by atoms with E-state index in [1.165, 1.54) is 19.3 Å². The summed E-state index contributed by atoms with van der Waals surface area (Å²) < 4.78 is 0. The smallest absolute Gasteiger partial charge is 0.0322 e. The minimum Gasteiger partial charge on any atom is -0.0877 e. The van der Waals surface area contributed by atoms with Gasteiger partial charge in [-0.25, -0.2) is 0 Å². The van der Waals surface area contributed by atoms with Gasteiger partial charge in [0.1, 0.15) is 0 Å². The highest BCUT2D eigenvalue weighted by atomic mass is 14.0. The van der Waals surface area contributed by atoms with Crippen molar-refractivity contribution < 1.29 is 0 Å². The summed E-state index contributed by atoms with van der Waals surface area (Å²) >= 11 is 0. The predicted octanol–water partition coefficient (Wildman–Crippen LogP) is 3.95.